The second-order valence-electron chi connectivity index (χ2n) is 16.4. The lowest BCUT2D eigenvalue weighted by Crippen LogP contribution is -2.30. The second-order valence-corrected chi connectivity index (χ2v) is 16.4. The zero-order chi connectivity index (χ0) is 42.3. The maximum absolute atomic E-state index is 12.8. The van der Waals surface area contributed by atoms with E-state index < -0.39 is 6.10 Å². The molecule has 0 bridgehead atoms. The Bertz CT molecular complexity index is 1030. The third-order valence-electron chi connectivity index (χ3n) is 10.6. The average molecular weight is 813 g/mol. The van der Waals surface area contributed by atoms with E-state index in [2.05, 4.69) is 69.4 Å². The van der Waals surface area contributed by atoms with E-state index in [4.69, 9.17) is 14.2 Å². The number of hydrogen-bond donors (Lipinski definition) is 0. The number of allylic oxidation sites excluding steroid dienone is 8. The molecular formula is C52H92O6. The zero-order valence-electron chi connectivity index (χ0n) is 38.3. The largest absolute Gasteiger partial charge is 0.462 e. The van der Waals surface area contributed by atoms with Gasteiger partial charge in [0.2, 0.25) is 0 Å². The minimum atomic E-state index is -0.784. The van der Waals surface area contributed by atoms with Crippen LogP contribution in [0.15, 0.2) is 48.6 Å². The molecule has 0 aliphatic rings. The smallest absolute Gasteiger partial charge is 0.306 e. The first kappa shape index (κ1) is 55.4. The summed E-state index contributed by atoms with van der Waals surface area (Å²) in [5.74, 6) is -0.916. The summed E-state index contributed by atoms with van der Waals surface area (Å²) in [6.45, 7) is 6.46. The quantitative estimate of drug-likeness (QED) is 0.0200. The van der Waals surface area contributed by atoms with Crippen molar-refractivity contribution in [2.75, 3.05) is 13.2 Å². The Hall–Kier alpha value is -2.63. The molecule has 0 N–H and O–H groups in total. The average Bonchev–Trinajstić information content (AvgIpc) is 3.22. The summed E-state index contributed by atoms with van der Waals surface area (Å²) < 4.78 is 16.7. The molecule has 0 rings (SSSR count). The van der Waals surface area contributed by atoms with Gasteiger partial charge in [-0.2, -0.15) is 0 Å². The molecule has 6 nitrogen and oxygen atoms in total. The highest BCUT2D eigenvalue weighted by Gasteiger charge is 2.19. The molecule has 58 heavy (non-hydrogen) atoms. The molecule has 0 saturated heterocycles. The van der Waals surface area contributed by atoms with E-state index in [1.165, 1.54) is 116 Å². The molecule has 0 heterocycles. The lowest BCUT2D eigenvalue weighted by Gasteiger charge is -2.18. The summed E-state index contributed by atoms with van der Waals surface area (Å²) in [4.78, 5) is 37.8. The van der Waals surface area contributed by atoms with E-state index in [1.54, 1.807) is 0 Å². The lowest BCUT2D eigenvalue weighted by molar-refractivity contribution is -0.167. The summed E-state index contributed by atoms with van der Waals surface area (Å²) in [7, 11) is 0. The van der Waals surface area contributed by atoms with Crippen LogP contribution in [0, 0.1) is 0 Å². The van der Waals surface area contributed by atoms with Crippen molar-refractivity contribution in [3.63, 3.8) is 0 Å². The molecule has 0 fully saturated rings. The van der Waals surface area contributed by atoms with Crippen LogP contribution in [0.4, 0.5) is 0 Å². The zero-order valence-corrected chi connectivity index (χ0v) is 38.3. The third-order valence-corrected chi connectivity index (χ3v) is 10.6. The molecule has 0 amide bonds. The van der Waals surface area contributed by atoms with Gasteiger partial charge in [0.15, 0.2) is 6.10 Å². The van der Waals surface area contributed by atoms with Crippen molar-refractivity contribution >= 4 is 17.9 Å². The van der Waals surface area contributed by atoms with Gasteiger partial charge in [-0.05, 0) is 64.2 Å². The predicted octanol–water partition coefficient (Wildman–Crippen LogP) is 15.9. The first-order chi connectivity index (χ1) is 28.5. The fourth-order valence-corrected chi connectivity index (χ4v) is 6.87. The topological polar surface area (TPSA) is 78.9 Å². The number of hydrogen-bond acceptors (Lipinski definition) is 6. The molecule has 6 heteroatoms. The van der Waals surface area contributed by atoms with Crippen LogP contribution in [0.5, 0.6) is 0 Å². The molecule has 0 aromatic heterocycles. The van der Waals surface area contributed by atoms with Crippen molar-refractivity contribution < 1.29 is 28.6 Å². The van der Waals surface area contributed by atoms with Crippen molar-refractivity contribution in [2.24, 2.45) is 0 Å². The highest BCUT2D eigenvalue weighted by molar-refractivity contribution is 5.71. The lowest BCUT2D eigenvalue weighted by atomic mass is 10.0. The number of carbonyl (C=O) groups is 3. The third kappa shape index (κ3) is 44.5. The standard InChI is InChI=1S/C52H92O6/c1-4-7-10-13-16-19-22-24-26-28-30-33-36-39-42-45-51(54)57-48-49(47-56-50(53)44-41-38-35-32-29-21-18-15-12-9-6-3)58-52(55)46-43-40-37-34-31-27-25-23-20-17-14-11-8-5-2/h8,11,15,17-18,20-21,29,49H,4-7,9-10,12-14,16,19,22-28,30-48H2,1-3H3/b11-8-,18-15-,20-17-,29-21-. The Morgan fingerprint density at radius 2 is 0.741 bits per heavy atom. The molecular weight excluding hydrogens is 721 g/mol. The normalized spacial score (nSPS) is 12.4. The highest BCUT2D eigenvalue weighted by Crippen LogP contribution is 2.15. The molecule has 0 aliphatic carbocycles. The molecule has 0 aromatic carbocycles. The summed E-state index contributed by atoms with van der Waals surface area (Å²) in [6.07, 6.45) is 55.2. The minimum absolute atomic E-state index is 0.0829. The van der Waals surface area contributed by atoms with Gasteiger partial charge in [0.05, 0.1) is 0 Å². The summed E-state index contributed by atoms with van der Waals surface area (Å²) >= 11 is 0. The Balaban J connectivity index is 4.38. The summed E-state index contributed by atoms with van der Waals surface area (Å²) in [5.41, 5.74) is 0. The number of ether oxygens (including phenoxy) is 3. The summed E-state index contributed by atoms with van der Waals surface area (Å²) in [5, 5.41) is 0. The van der Waals surface area contributed by atoms with Gasteiger partial charge >= 0.3 is 17.9 Å². The Labute approximate surface area is 358 Å². The number of esters is 3. The van der Waals surface area contributed by atoms with Gasteiger partial charge in [-0.1, -0.05) is 211 Å². The minimum Gasteiger partial charge on any atom is -0.462 e. The van der Waals surface area contributed by atoms with Crippen LogP contribution in [0.25, 0.3) is 0 Å². The van der Waals surface area contributed by atoms with Crippen LogP contribution in [0.1, 0.15) is 245 Å². The van der Waals surface area contributed by atoms with Crippen molar-refractivity contribution in [3.05, 3.63) is 48.6 Å². The van der Waals surface area contributed by atoms with Gasteiger partial charge in [-0.15, -0.1) is 0 Å². The van der Waals surface area contributed by atoms with Crippen molar-refractivity contribution in [1.29, 1.82) is 0 Å². The monoisotopic (exact) mass is 813 g/mol. The van der Waals surface area contributed by atoms with E-state index in [0.717, 1.165) is 89.9 Å². The molecule has 0 saturated carbocycles. The Kier molecular flexibility index (Phi) is 44.9. The van der Waals surface area contributed by atoms with E-state index in [9.17, 15) is 14.4 Å². The van der Waals surface area contributed by atoms with E-state index in [1.807, 2.05) is 0 Å². The van der Waals surface area contributed by atoms with Gasteiger partial charge in [-0.25, -0.2) is 0 Å². The van der Waals surface area contributed by atoms with Crippen LogP contribution >= 0.6 is 0 Å². The maximum Gasteiger partial charge on any atom is 0.306 e. The highest BCUT2D eigenvalue weighted by atomic mass is 16.6. The number of carbonyl (C=O) groups excluding carboxylic acids is 3. The fourth-order valence-electron chi connectivity index (χ4n) is 6.87. The fraction of sp³-hybridized carbons (Fsp3) is 0.788. The van der Waals surface area contributed by atoms with Crippen molar-refractivity contribution in [2.45, 2.75) is 252 Å². The SMILES string of the molecule is CC/C=C\C/C=C\CCCCCCCCCC(=O)OC(COC(=O)CCCCC/C=C\C=C/CCCC)COC(=O)CCCCCCCCCCCCCCCCC. The van der Waals surface area contributed by atoms with E-state index >= 15 is 0 Å². The summed E-state index contributed by atoms with van der Waals surface area (Å²) in [6, 6.07) is 0. The molecule has 0 aliphatic heterocycles. The predicted molar refractivity (Wildman–Crippen MR) is 247 cm³/mol. The first-order valence-electron chi connectivity index (χ1n) is 24.7. The van der Waals surface area contributed by atoms with Gasteiger partial charge in [-0.3, -0.25) is 14.4 Å². The van der Waals surface area contributed by atoms with Crippen LogP contribution in [0.2, 0.25) is 0 Å². The van der Waals surface area contributed by atoms with Gasteiger partial charge in [0.1, 0.15) is 13.2 Å². The Morgan fingerprint density at radius 3 is 1.21 bits per heavy atom. The van der Waals surface area contributed by atoms with Crippen LogP contribution in [-0.2, 0) is 28.6 Å². The van der Waals surface area contributed by atoms with Crippen LogP contribution in [0.3, 0.4) is 0 Å². The second kappa shape index (κ2) is 47.1. The molecule has 0 spiro atoms. The van der Waals surface area contributed by atoms with Crippen LogP contribution < -0.4 is 0 Å². The molecule has 1 unspecified atom stereocenters. The first-order valence-corrected chi connectivity index (χ1v) is 24.7. The molecule has 336 valence electrons. The van der Waals surface area contributed by atoms with Gasteiger partial charge < -0.3 is 14.2 Å². The Morgan fingerprint density at radius 1 is 0.379 bits per heavy atom. The van der Waals surface area contributed by atoms with E-state index in [-0.39, 0.29) is 31.1 Å². The number of unbranched alkanes of at least 4 members (excludes halogenated alkanes) is 26. The van der Waals surface area contributed by atoms with Crippen molar-refractivity contribution in [1.82, 2.24) is 0 Å². The van der Waals surface area contributed by atoms with Gasteiger partial charge in [0.25, 0.3) is 0 Å². The maximum atomic E-state index is 12.8. The van der Waals surface area contributed by atoms with Crippen LogP contribution in [-0.4, -0.2) is 37.2 Å². The number of rotatable bonds is 44. The molecule has 0 aromatic rings. The molecule has 1 atom stereocenters. The van der Waals surface area contributed by atoms with Crippen molar-refractivity contribution in [3.8, 4) is 0 Å². The molecule has 0 radical (unpaired) electrons. The van der Waals surface area contributed by atoms with E-state index in [0.29, 0.717) is 19.3 Å². The van der Waals surface area contributed by atoms with Gasteiger partial charge in [0, 0.05) is 19.3 Å².